The highest BCUT2D eigenvalue weighted by Gasteiger charge is 2.31. The van der Waals surface area contributed by atoms with Crippen LogP contribution in [0.15, 0.2) is 6.20 Å². The third-order valence-electron chi connectivity index (χ3n) is 3.41. The number of anilines is 1. The summed E-state index contributed by atoms with van der Waals surface area (Å²) < 4.78 is 4.89. The van der Waals surface area contributed by atoms with E-state index in [9.17, 15) is 14.7 Å². The molecule has 0 fully saturated rings. The molecule has 21 heavy (non-hydrogen) atoms. The maximum atomic E-state index is 11.6. The molecular formula is C14H21N3O4. The lowest BCUT2D eigenvalue weighted by Crippen LogP contribution is -2.34. The molecule has 0 aromatic carbocycles. The second kappa shape index (κ2) is 7.01. The number of carboxylic acids is 1. The minimum Gasteiger partial charge on any atom is -0.481 e. The van der Waals surface area contributed by atoms with Crippen molar-refractivity contribution in [1.29, 1.82) is 0 Å². The van der Waals surface area contributed by atoms with Gasteiger partial charge >= 0.3 is 11.9 Å². The number of carbonyl (C=O) groups excluding carboxylic acids is 1. The second-order valence-corrected chi connectivity index (χ2v) is 4.99. The van der Waals surface area contributed by atoms with Crippen molar-refractivity contribution in [3.05, 3.63) is 17.5 Å². The maximum absolute atomic E-state index is 11.6. The highest BCUT2D eigenvalue weighted by atomic mass is 16.5. The Hall–Kier alpha value is -2.18. The first-order valence-electron chi connectivity index (χ1n) is 6.82. The maximum Gasteiger partial charge on any atom is 0.341 e. The predicted molar refractivity (Wildman–Crippen MR) is 77.2 cm³/mol. The van der Waals surface area contributed by atoms with E-state index in [2.05, 4.69) is 15.3 Å². The number of esters is 1. The average molecular weight is 295 g/mol. The number of carbonyl (C=O) groups is 2. The molecular weight excluding hydrogens is 274 g/mol. The first kappa shape index (κ1) is 16.9. The summed E-state index contributed by atoms with van der Waals surface area (Å²) in [5.41, 5.74) is -0.102. The number of carboxylic acid groups (broad SMARTS) is 1. The third kappa shape index (κ3) is 4.14. The topological polar surface area (TPSA) is 101 Å². The summed E-state index contributed by atoms with van der Waals surface area (Å²) >= 11 is 0. The lowest BCUT2D eigenvalue weighted by atomic mass is 9.88. The van der Waals surface area contributed by atoms with Gasteiger partial charge in [0.05, 0.1) is 23.3 Å². The zero-order chi connectivity index (χ0) is 16.0. The summed E-state index contributed by atoms with van der Waals surface area (Å²) in [7, 11) is 0. The normalized spacial score (nSPS) is 13.3. The van der Waals surface area contributed by atoms with E-state index in [0.29, 0.717) is 23.6 Å². The van der Waals surface area contributed by atoms with E-state index < -0.39 is 17.4 Å². The van der Waals surface area contributed by atoms with Gasteiger partial charge in [0.15, 0.2) is 0 Å². The molecule has 116 valence electrons. The van der Waals surface area contributed by atoms with E-state index in [4.69, 9.17) is 4.74 Å². The van der Waals surface area contributed by atoms with Gasteiger partial charge in [-0.05, 0) is 27.2 Å². The Labute approximate surface area is 123 Å². The first-order chi connectivity index (χ1) is 9.84. The van der Waals surface area contributed by atoms with Crippen LogP contribution in [0.5, 0.6) is 0 Å². The first-order valence-corrected chi connectivity index (χ1v) is 6.82. The Morgan fingerprint density at radius 1 is 1.43 bits per heavy atom. The molecule has 1 unspecified atom stereocenters. The zero-order valence-corrected chi connectivity index (χ0v) is 12.8. The molecule has 0 aliphatic rings. The van der Waals surface area contributed by atoms with Crippen molar-refractivity contribution in [2.45, 2.75) is 34.1 Å². The monoisotopic (exact) mass is 295 g/mol. The molecule has 2 N–H and O–H groups in total. The van der Waals surface area contributed by atoms with Gasteiger partial charge in [-0.3, -0.25) is 4.79 Å². The van der Waals surface area contributed by atoms with Gasteiger partial charge in [-0.1, -0.05) is 6.92 Å². The fraction of sp³-hybridized carbons (Fsp3) is 0.571. The van der Waals surface area contributed by atoms with Crippen molar-refractivity contribution in [3.8, 4) is 0 Å². The van der Waals surface area contributed by atoms with Crippen molar-refractivity contribution in [2.24, 2.45) is 5.41 Å². The standard InChI is InChI=1S/C14H21N3O4/c1-5-14(4,12(19)20)8-16-13-15-7-10(9(3)17-13)11(18)21-6-2/h7H,5-6,8H2,1-4H3,(H,19,20)(H,15,16,17). The van der Waals surface area contributed by atoms with Gasteiger partial charge in [-0.25, -0.2) is 14.8 Å². The predicted octanol–water partition coefficient (Wildman–Crippen LogP) is 1.87. The molecule has 0 aliphatic carbocycles. The van der Waals surface area contributed by atoms with Crippen LogP contribution < -0.4 is 5.32 Å². The molecule has 0 amide bonds. The Balaban J connectivity index is 2.81. The van der Waals surface area contributed by atoms with Gasteiger partial charge in [0.2, 0.25) is 5.95 Å². The quantitative estimate of drug-likeness (QED) is 0.740. The largest absolute Gasteiger partial charge is 0.481 e. The summed E-state index contributed by atoms with van der Waals surface area (Å²) in [5, 5.41) is 12.1. The Bertz CT molecular complexity index is 533. The molecule has 7 heteroatoms. The summed E-state index contributed by atoms with van der Waals surface area (Å²) in [6.45, 7) is 7.35. The van der Waals surface area contributed by atoms with Gasteiger partial charge < -0.3 is 15.2 Å². The summed E-state index contributed by atoms with van der Waals surface area (Å²) in [6.07, 6.45) is 1.86. The van der Waals surface area contributed by atoms with E-state index in [-0.39, 0.29) is 13.2 Å². The molecule has 7 nitrogen and oxygen atoms in total. The van der Waals surface area contributed by atoms with E-state index in [1.165, 1.54) is 6.20 Å². The van der Waals surface area contributed by atoms with E-state index in [1.807, 2.05) is 6.92 Å². The lowest BCUT2D eigenvalue weighted by molar-refractivity contribution is -0.147. The van der Waals surface area contributed by atoms with Crippen LogP contribution in [0.3, 0.4) is 0 Å². The number of aliphatic carboxylic acids is 1. The molecule has 0 spiro atoms. The zero-order valence-electron chi connectivity index (χ0n) is 12.8. The SMILES string of the molecule is CCOC(=O)c1cnc(NCC(C)(CC)C(=O)O)nc1C. The number of aryl methyl sites for hydroxylation is 1. The molecule has 1 aromatic rings. The molecule has 1 rings (SSSR count). The third-order valence-corrected chi connectivity index (χ3v) is 3.41. The smallest absolute Gasteiger partial charge is 0.341 e. The van der Waals surface area contributed by atoms with E-state index in [0.717, 1.165) is 0 Å². The highest BCUT2D eigenvalue weighted by Crippen LogP contribution is 2.21. The number of hydrogen-bond donors (Lipinski definition) is 2. The van der Waals surface area contributed by atoms with Gasteiger partial charge in [0.25, 0.3) is 0 Å². The molecule has 1 atom stereocenters. The number of nitrogens with one attached hydrogen (secondary N) is 1. The van der Waals surface area contributed by atoms with Gasteiger partial charge in [0.1, 0.15) is 0 Å². The summed E-state index contributed by atoms with van der Waals surface area (Å²) in [5.74, 6) is -1.05. The number of ether oxygens (including phenoxy) is 1. The molecule has 0 bridgehead atoms. The van der Waals surface area contributed by atoms with Crippen LogP contribution >= 0.6 is 0 Å². The van der Waals surface area contributed by atoms with Crippen LogP contribution in [0.25, 0.3) is 0 Å². The van der Waals surface area contributed by atoms with Crippen LogP contribution in [0.2, 0.25) is 0 Å². The molecule has 0 radical (unpaired) electrons. The summed E-state index contributed by atoms with van der Waals surface area (Å²) in [4.78, 5) is 31.0. The molecule has 1 aromatic heterocycles. The summed E-state index contributed by atoms with van der Waals surface area (Å²) in [6, 6.07) is 0. The van der Waals surface area contributed by atoms with Crippen LogP contribution in [-0.2, 0) is 9.53 Å². The van der Waals surface area contributed by atoms with Gasteiger partial charge in [-0.15, -0.1) is 0 Å². The van der Waals surface area contributed by atoms with Gasteiger partial charge in [0, 0.05) is 12.7 Å². The molecule has 0 saturated carbocycles. The van der Waals surface area contributed by atoms with Crippen LogP contribution in [0.4, 0.5) is 5.95 Å². The fourth-order valence-corrected chi connectivity index (χ4v) is 1.59. The lowest BCUT2D eigenvalue weighted by Gasteiger charge is -2.23. The molecule has 0 aliphatic heterocycles. The highest BCUT2D eigenvalue weighted by molar-refractivity contribution is 5.90. The van der Waals surface area contributed by atoms with E-state index in [1.54, 1.807) is 20.8 Å². The minimum atomic E-state index is -0.892. The number of aromatic nitrogens is 2. The van der Waals surface area contributed by atoms with Gasteiger partial charge in [-0.2, -0.15) is 0 Å². The second-order valence-electron chi connectivity index (χ2n) is 4.99. The van der Waals surface area contributed by atoms with Crippen LogP contribution in [0.1, 0.15) is 43.2 Å². The number of hydrogen-bond acceptors (Lipinski definition) is 6. The Morgan fingerprint density at radius 2 is 2.10 bits per heavy atom. The van der Waals surface area contributed by atoms with E-state index >= 15 is 0 Å². The van der Waals surface area contributed by atoms with Crippen molar-refractivity contribution in [1.82, 2.24) is 9.97 Å². The minimum absolute atomic E-state index is 0.205. The average Bonchev–Trinajstić information content (AvgIpc) is 2.44. The fourth-order valence-electron chi connectivity index (χ4n) is 1.59. The van der Waals surface area contributed by atoms with Crippen molar-refractivity contribution < 1.29 is 19.4 Å². The van der Waals surface area contributed by atoms with Crippen molar-refractivity contribution >= 4 is 17.9 Å². The van der Waals surface area contributed by atoms with Crippen molar-refractivity contribution in [3.63, 3.8) is 0 Å². The van der Waals surface area contributed by atoms with Crippen LogP contribution in [-0.4, -0.2) is 40.2 Å². The Kier molecular flexibility index (Phi) is 5.63. The van der Waals surface area contributed by atoms with Crippen molar-refractivity contribution in [2.75, 3.05) is 18.5 Å². The molecule has 0 saturated heterocycles. The Morgan fingerprint density at radius 3 is 2.57 bits per heavy atom. The van der Waals surface area contributed by atoms with Crippen LogP contribution in [0, 0.1) is 12.3 Å². The number of rotatable bonds is 7. The number of nitrogens with zero attached hydrogens (tertiary/aromatic N) is 2. The molecule has 1 heterocycles.